The van der Waals surface area contributed by atoms with Crippen LogP contribution >= 0.6 is 23.2 Å². The number of amides is 1. The van der Waals surface area contributed by atoms with Gasteiger partial charge < -0.3 is 4.90 Å². The molecule has 0 bridgehead atoms. The lowest BCUT2D eigenvalue weighted by Gasteiger charge is -2.35. The summed E-state index contributed by atoms with van der Waals surface area (Å²) in [5.74, 6) is -0.294. The standard InChI is InChI=1S/C21H25Cl2N3O3S/c1-15(2)24-30(28,29)20-12-17(18(22)13-19(20)23)21(27)26-10-8-25(9-11-26)14-16-6-4-3-5-7-16/h3-7,12-13,15,24H,8-11,14H2,1-2H3. The van der Waals surface area contributed by atoms with Crippen LogP contribution in [0.3, 0.4) is 0 Å². The number of piperazine rings is 1. The quantitative estimate of drug-likeness (QED) is 0.700. The molecule has 9 heteroatoms. The molecular formula is C21H25Cl2N3O3S. The Balaban J connectivity index is 1.73. The molecule has 2 aromatic rings. The van der Waals surface area contributed by atoms with Crippen molar-refractivity contribution < 1.29 is 13.2 Å². The van der Waals surface area contributed by atoms with Gasteiger partial charge in [-0.25, -0.2) is 13.1 Å². The lowest BCUT2D eigenvalue weighted by molar-refractivity contribution is 0.0628. The average Bonchev–Trinajstić information content (AvgIpc) is 2.68. The van der Waals surface area contributed by atoms with E-state index in [1.807, 2.05) is 18.2 Å². The molecule has 0 saturated carbocycles. The fourth-order valence-corrected chi connectivity index (χ4v) is 5.50. The lowest BCUT2D eigenvalue weighted by atomic mass is 10.1. The van der Waals surface area contributed by atoms with Crippen molar-refractivity contribution in [2.24, 2.45) is 0 Å². The number of carbonyl (C=O) groups is 1. The molecule has 1 fully saturated rings. The van der Waals surface area contributed by atoms with Gasteiger partial charge in [0.2, 0.25) is 10.0 Å². The number of carbonyl (C=O) groups excluding carboxylic acids is 1. The van der Waals surface area contributed by atoms with Gasteiger partial charge in [-0.2, -0.15) is 0 Å². The molecule has 1 aliphatic rings. The first-order chi connectivity index (χ1) is 14.2. The van der Waals surface area contributed by atoms with Crippen molar-refractivity contribution in [2.45, 2.75) is 31.3 Å². The van der Waals surface area contributed by atoms with Crippen molar-refractivity contribution in [3.05, 3.63) is 63.6 Å². The molecule has 1 saturated heterocycles. The summed E-state index contributed by atoms with van der Waals surface area (Å²) in [7, 11) is -3.86. The Hall–Kier alpha value is -1.64. The van der Waals surface area contributed by atoms with Gasteiger partial charge in [0, 0.05) is 38.8 Å². The lowest BCUT2D eigenvalue weighted by Crippen LogP contribution is -2.48. The molecule has 1 amide bonds. The fourth-order valence-electron chi connectivity index (χ4n) is 3.39. The van der Waals surface area contributed by atoms with E-state index in [1.54, 1.807) is 18.7 Å². The molecule has 1 aliphatic heterocycles. The first kappa shape index (κ1) is 23.0. The minimum atomic E-state index is -3.86. The van der Waals surface area contributed by atoms with Crippen LogP contribution in [0.25, 0.3) is 0 Å². The second kappa shape index (κ2) is 9.66. The number of nitrogens with zero attached hydrogens (tertiary/aromatic N) is 2. The SMILES string of the molecule is CC(C)NS(=O)(=O)c1cc(C(=O)N2CCN(Cc3ccccc3)CC2)c(Cl)cc1Cl. The minimum absolute atomic E-state index is 0.0163. The number of rotatable bonds is 6. The van der Waals surface area contributed by atoms with Gasteiger partial charge in [-0.05, 0) is 31.5 Å². The summed E-state index contributed by atoms with van der Waals surface area (Å²) >= 11 is 12.4. The summed E-state index contributed by atoms with van der Waals surface area (Å²) in [5, 5.41) is 0.123. The summed E-state index contributed by atoms with van der Waals surface area (Å²) in [5.41, 5.74) is 1.37. The van der Waals surface area contributed by atoms with Gasteiger partial charge in [0.15, 0.2) is 0 Å². The van der Waals surface area contributed by atoms with Crippen molar-refractivity contribution in [1.29, 1.82) is 0 Å². The maximum Gasteiger partial charge on any atom is 0.255 e. The van der Waals surface area contributed by atoms with E-state index in [2.05, 4.69) is 21.8 Å². The molecule has 30 heavy (non-hydrogen) atoms. The third-order valence-corrected chi connectivity index (χ3v) is 7.28. The van der Waals surface area contributed by atoms with E-state index in [0.717, 1.165) is 19.6 Å². The Morgan fingerprint density at radius 1 is 1.03 bits per heavy atom. The molecule has 162 valence electrons. The van der Waals surface area contributed by atoms with E-state index in [4.69, 9.17) is 23.2 Å². The van der Waals surface area contributed by atoms with Crippen molar-refractivity contribution in [2.75, 3.05) is 26.2 Å². The van der Waals surface area contributed by atoms with E-state index >= 15 is 0 Å². The largest absolute Gasteiger partial charge is 0.336 e. The number of nitrogens with one attached hydrogen (secondary N) is 1. The highest BCUT2D eigenvalue weighted by Crippen LogP contribution is 2.30. The molecule has 0 aromatic heterocycles. The van der Waals surface area contributed by atoms with E-state index < -0.39 is 10.0 Å². The van der Waals surface area contributed by atoms with Crippen LogP contribution in [-0.2, 0) is 16.6 Å². The summed E-state index contributed by atoms with van der Waals surface area (Å²) in [6.07, 6.45) is 0. The highest BCUT2D eigenvalue weighted by Gasteiger charge is 2.27. The number of sulfonamides is 1. The Morgan fingerprint density at radius 2 is 1.67 bits per heavy atom. The second-order valence-electron chi connectivity index (χ2n) is 7.59. The zero-order valence-electron chi connectivity index (χ0n) is 16.9. The van der Waals surface area contributed by atoms with E-state index in [1.165, 1.54) is 17.7 Å². The predicted octanol–water partition coefficient (Wildman–Crippen LogP) is 3.64. The maximum absolute atomic E-state index is 13.1. The van der Waals surface area contributed by atoms with Crippen molar-refractivity contribution in [3.63, 3.8) is 0 Å². The third-order valence-electron chi connectivity index (χ3n) is 4.84. The van der Waals surface area contributed by atoms with Crippen molar-refractivity contribution >= 4 is 39.1 Å². The molecule has 3 rings (SSSR count). The van der Waals surface area contributed by atoms with Crippen LogP contribution in [0.15, 0.2) is 47.4 Å². The van der Waals surface area contributed by atoms with Crippen LogP contribution in [0, 0.1) is 0 Å². The molecule has 0 unspecified atom stereocenters. The topological polar surface area (TPSA) is 69.7 Å². The monoisotopic (exact) mass is 469 g/mol. The maximum atomic E-state index is 13.1. The van der Waals surface area contributed by atoms with Crippen LogP contribution in [0.2, 0.25) is 10.0 Å². The Bertz CT molecular complexity index is 1010. The zero-order valence-corrected chi connectivity index (χ0v) is 19.3. The van der Waals surface area contributed by atoms with Crippen LogP contribution in [0.1, 0.15) is 29.8 Å². The second-order valence-corrected chi connectivity index (χ2v) is 10.1. The Kier molecular flexibility index (Phi) is 7.42. The normalized spacial score (nSPS) is 15.6. The number of benzene rings is 2. The first-order valence-electron chi connectivity index (χ1n) is 9.74. The molecule has 6 nitrogen and oxygen atoms in total. The van der Waals surface area contributed by atoms with Gasteiger partial charge in [-0.3, -0.25) is 9.69 Å². The Morgan fingerprint density at radius 3 is 2.27 bits per heavy atom. The van der Waals surface area contributed by atoms with Crippen LogP contribution in [0.4, 0.5) is 0 Å². The molecule has 0 atom stereocenters. The summed E-state index contributed by atoms with van der Waals surface area (Å²) in [4.78, 5) is 16.9. The van der Waals surface area contributed by atoms with Crippen LogP contribution in [-0.4, -0.2) is 56.3 Å². The molecule has 0 aliphatic carbocycles. The van der Waals surface area contributed by atoms with Gasteiger partial charge >= 0.3 is 0 Å². The van der Waals surface area contributed by atoms with E-state index in [-0.39, 0.29) is 32.5 Å². The zero-order chi connectivity index (χ0) is 21.9. The van der Waals surface area contributed by atoms with Crippen molar-refractivity contribution in [3.8, 4) is 0 Å². The highest BCUT2D eigenvalue weighted by molar-refractivity contribution is 7.89. The van der Waals surface area contributed by atoms with Gasteiger partial charge in [0.1, 0.15) is 4.90 Å². The van der Waals surface area contributed by atoms with Gasteiger partial charge in [-0.1, -0.05) is 53.5 Å². The molecule has 0 radical (unpaired) electrons. The number of hydrogen-bond acceptors (Lipinski definition) is 4. The predicted molar refractivity (Wildman–Crippen MR) is 120 cm³/mol. The average molecular weight is 470 g/mol. The molecular weight excluding hydrogens is 445 g/mol. The fraction of sp³-hybridized carbons (Fsp3) is 0.381. The molecule has 0 spiro atoms. The van der Waals surface area contributed by atoms with Gasteiger partial charge in [-0.15, -0.1) is 0 Å². The van der Waals surface area contributed by atoms with Crippen LogP contribution < -0.4 is 4.72 Å². The van der Waals surface area contributed by atoms with Gasteiger partial charge in [0.05, 0.1) is 15.6 Å². The van der Waals surface area contributed by atoms with E-state index in [0.29, 0.717) is 13.1 Å². The van der Waals surface area contributed by atoms with E-state index in [9.17, 15) is 13.2 Å². The Labute approximate surface area is 187 Å². The summed E-state index contributed by atoms with van der Waals surface area (Å²) < 4.78 is 27.6. The summed E-state index contributed by atoms with van der Waals surface area (Å²) in [6, 6.07) is 12.5. The van der Waals surface area contributed by atoms with Crippen LogP contribution in [0.5, 0.6) is 0 Å². The highest BCUT2D eigenvalue weighted by atomic mass is 35.5. The molecule has 1 N–H and O–H groups in total. The summed E-state index contributed by atoms with van der Waals surface area (Å²) in [6.45, 7) is 6.78. The number of hydrogen-bond donors (Lipinski definition) is 1. The molecule has 1 heterocycles. The smallest absolute Gasteiger partial charge is 0.255 e. The van der Waals surface area contributed by atoms with Gasteiger partial charge in [0.25, 0.3) is 5.91 Å². The van der Waals surface area contributed by atoms with Crippen molar-refractivity contribution in [1.82, 2.24) is 14.5 Å². The first-order valence-corrected chi connectivity index (χ1v) is 12.0. The molecule has 2 aromatic carbocycles. The third kappa shape index (κ3) is 5.53. The minimum Gasteiger partial charge on any atom is -0.336 e. The number of halogens is 2.